The highest BCUT2D eigenvalue weighted by atomic mass is 79.9. The first-order valence-electron chi connectivity index (χ1n) is 6.60. The standard InChI is InChI=1S/C15H20BrNO4/c1-9(2)21-12-6-10(5-11(16)7-12)13(18)17-8-15(3,4)14(19)20/h5-7,9H,8H2,1-4H3,(H,17,18)(H,19,20). The zero-order chi connectivity index (χ0) is 16.2. The third-order valence-corrected chi connectivity index (χ3v) is 3.23. The third kappa shape index (κ3) is 5.38. The molecule has 1 amide bonds. The van der Waals surface area contributed by atoms with Gasteiger partial charge in [0.15, 0.2) is 0 Å². The van der Waals surface area contributed by atoms with Crippen molar-refractivity contribution in [2.75, 3.05) is 6.54 Å². The molecule has 0 unspecified atom stereocenters. The maximum absolute atomic E-state index is 12.1. The Labute approximate surface area is 132 Å². The Balaban J connectivity index is 2.83. The van der Waals surface area contributed by atoms with Gasteiger partial charge in [-0.25, -0.2) is 0 Å². The van der Waals surface area contributed by atoms with Crippen LogP contribution in [0.3, 0.4) is 0 Å². The van der Waals surface area contributed by atoms with Crippen LogP contribution in [0.25, 0.3) is 0 Å². The average Bonchev–Trinajstić information content (AvgIpc) is 2.34. The van der Waals surface area contributed by atoms with Gasteiger partial charge in [-0.15, -0.1) is 0 Å². The van der Waals surface area contributed by atoms with E-state index in [-0.39, 0.29) is 18.6 Å². The summed E-state index contributed by atoms with van der Waals surface area (Å²) in [5.41, 5.74) is -0.597. The van der Waals surface area contributed by atoms with Crippen LogP contribution in [0, 0.1) is 5.41 Å². The van der Waals surface area contributed by atoms with Crippen molar-refractivity contribution in [1.29, 1.82) is 0 Å². The highest BCUT2D eigenvalue weighted by Gasteiger charge is 2.27. The Kier molecular flexibility index (Phi) is 5.78. The number of carboxylic acids is 1. The minimum atomic E-state index is -1.01. The first-order valence-corrected chi connectivity index (χ1v) is 7.40. The number of hydrogen-bond donors (Lipinski definition) is 2. The van der Waals surface area contributed by atoms with E-state index < -0.39 is 11.4 Å². The molecule has 0 fully saturated rings. The summed E-state index contributed by atoms with van der Waals surface area (Å²) in [7, 11) is 0. The van der Waals surface area contributed by atoms with Crippen LogP contribution in [0.2, 0.25) is 0 Å². The SMILES string of the molecule is CC(C)Oc1cc(Br)cc(C(=O)NCC(C)(C)C(=O)O)c1. The first-order chi connectivity index (χ1) is 9.61. The molecule has 0 saturated carbocycles. The Morgan fingerprint density at radius 1 is 1.33 bits per heavy atom. The number of carbonyl (C=O) groups is 2. The molecule has 2 N–H and O–H groups in total. The molecule has 1 aromatic carbocycles. The molecular formula is C15H20BrNO4. The molecule has 0 aliphatic rings. The summed E-state index contributed by atoms with van der Waals surface area (Å²) >= 11 is 3.33. The number of carboxylic acid groups (broad SMARTS) is 1. The van der Waals surface area contributed by atoms with Crippen LogP contribution in [-0.2, 0) is 4.79 Å². The molecule has 5 nitrogen and oxygen atoms in total. The van der Waals surface area contributed by atoms with E-state index in [0.717, 1.165) is 4.47 Å². The molecule has 1 aromatic rings. The lowest BCUT2D eigenvalue weighted by Crippen LogP contribution is -2.38. The number of nitrogens with one attached hydrogen (secondary N) is 1. The van der Waals surface area contributed by atoms with Crippen LogP contribution >= 0.6 is 15.9 Å². The molecule has 0 radical (unpaired) electrons. The van der Waals surface area contributed by atoms with E-state index in [4.69, 9.17) is 9.84 Å². The van der Waals surface area contributed by atoms with E-state index in [2.05, 4.69) is 21.2 Å². The first kappa shape index (κ1) is 17.5. The summed E-state index contributed by atoms with van der Waals surface area (Å²) < 4.78 is 6.29. The molecule has 21 heavy (non-hydrogen) atoms. The molecule has 0 heterocycles. The Hall–Kier alpha value is -1.56. The number of benzene rings is 1. The normalized spacial score (nSPS) is 11.3. The number of amides is 1. The second-order valence-corrected chi connectivity index (χ2v) is 6.63. The molecule has 116 valence electrons. The fourth-order valence-corrected chi connectivity index (χ4v) is 1.99. The van der Waals surface area contributed by atoms with E-state index in [1.165, 1.54) is 0 Å². The van der Waals surface area contributed by atoms with Crippen molar-refractivity contribution in [2.24, 2.45) is 5.41 Å². The molecule has 0 aliphatic heterocycles. The van der Waals surface area contributed by atoms with Gasteiger partial charge in [-0.1, -0.05) is 15.9 Å². The monoisotopic (exact) mass is 357 g/mol. The minimum Gasteiger partial charge on any atom is -0.491 e. The third-order valence-electron chi connectivity index (χ3n) is 2.78. The van der Waals surface area contributed by atoms with Gasteiger partial charge in [0.25, 0.3) is 5.91 Å². The van der Waals surface area contributed by atoms with Gasteiger partial charge in [0, 0.05) is 16.6 Å². The molecule has 0 aliphatic carbocycles. The average molecular weight is 358 g/mol. The van der Waals surface area contributed by atoms with Crippen LogP contribution in [-0.4, -0.2) is 29.6 Å². The zero-order valence-electron chi connectivity index (χ0n) is 12.6. The van der Waals surface area contributed by atoms with Gasteiger partial charge in [-0.2, -0.15) is 0 Å². The van der Waals surface area contributed by atoms with Crippen molar-refractivity contribution < 1.29 is 19.4 Å². The topological polar surface area (TPSA) is 75.6 Å². The van der Waals surface area contributed by atoms with E-state index in [9.17, 15) is 9.59 Å². The smallest absolute Gasteiger partial charge is 0.310 e. The maximum atomic E-state index is 12.1. The summed E-state index contributed by atoms with van der Waals surface area (Å²) in [6, 6.07) is 5.07. The number of carbonyl (C=O) groups excluding carboxylic acids is 1. The predicted octanol–water partition coefficient (Wildman–Crippen LogP) is 3.08. The van der Waals surface area contributed by atoms with E-state index >= 15 is 0 Å². The Morgan fingerprint density at radius 3 is 2.48 bits per heavy atom. The summed E-state index contributed by atoms with van der Waals surface area (Å²) in [6.07, 6.45) is 0.00107. The molecule has 0 saturated heterocycles. The maximum Gasteiger partial charge on any atom is 0.310 e. The van der Waals surface area contributed by atoms with Crippen LogP contribution in [0.5, 0.6) is 5.75 Å². The molecule has 6 heteroatoms. The van der Waals surface area contributed by atoms with Gasteiger partial charge in [0.2, 0.25) is 0 Å². The van der Waals surface area contributed by atoms with Crippen LogP contribution < -0.4 is 10.1 Å². The summed E-state index contributed by atoms with van der Waals surface area (Å²) in [6.45, 7) is 6.97. The number of halogens is 1. The largest absolute Gasteiger partial charge is 0.491 e. The van der Waals surface area contributed by atoms with Gasteiger partial charge >= 0.3 is 5.97 Å². The zero-order valence-corrected chi connectivity index (χ0v) is 14.2. The molecular weight excluding hydrogens is 338 g/mol. The van der Waals surface area contributed by atoms with Gasteiger partial charge < -0.3 is 15.2 Å². The summed E-state index contributed by atoms with van der Waals surface area (Å²) in [4.78, 5) is 23.1. The second kappa shape index (κ2) is 6.93. The highest BCUT2D eigenvalue weighted by molar-refractivity contribution is 9.10. The number of ether oxygens (including phenoxy) is 1. The molecule has 0 bridgehead atoms. The lowest BCUT2D eigenvalue weighted by molar-refractivity contribution is -0.146. The second-order valence-electron chi connectivity index (χ2n) is 5.71. The van der Waals surface area contributed by atoms with E-state index in [1.54, 1.807) is 32.0 Å². The quantitative estimate of drug-likeness (QED) is 0.820. The number of aliphatic carboxylic acids is 1. The van der Waals surface area contributed by atoms with Gasteiger partial charge in [0.05, 0.1) is 11.5 Å². The number of hydrogen-bond acceptors (Lipinski definition) is 3. The fourth-order valence-electron chi connectivity index (χ4n) is 1.51. The Morgan fingerprint density at radius 2 is 1.95 bits per heavy atom. The van der Waals surface area contributed by atoms with Crippen molar-refractivity contribution in [3.05, 3.63) is 28.2 Å². The molecule has 0 spiro atoms. The number of rotatable bonds is 6. The van der Waals surface area contributed by atoms with Gasteiger partial charge in [-0.05, 0) is 45.9 Å². The van der Waals surface area contributed by atoms with Crippen LogP contribution in [0.4, 0.5) is 0 Å². The summed E-state index contributed by atoms with van der Waals surface area (Å²) in [5, 5.41) is 11.7. The van der Waals surface area contributed by atoms with Gasteiger partial charge in [0.1, 0.15) is 5.75 Å². The van der Waals surface area contributed by atoms with Crippen LogP contribution in [0.1, 0.15) is 38.1 Å². The fraction of sp³-hybridized carbons (Fsp3) is 0.467. The van der Waals surface area contributed by atoms with Crippen molar-refractivity contribution in [1.82, 2.24) is 5.32 Å². The summed E-state index contributed by atoms with van der Waals surface area (Å²) in [5.74, 6) is -0.706. The molecule has 1 rings (SSSR count). The van der Waals surface area contributed by atoms with E-state index in [1.807, 2.05) is 13.8 Å². The lowest BCUT2D eigenvalue weighted by Gasteiger charge is -2.19. The molecule has 0 atom stereocenters. The van der Waals surface area contributed by atoms with Crippen molar-refractivity contribution in [3.63, 3.8) is 0 Å². The van der Waals surface area contributed by atoms with Crippen molar-refractivity contribution >= 4 is 27.8 Å². The van der Waals surface area contributed by atoms with Crippen LogP contribution in [0.15, 0.2) is 22.7 Å². The van der Waals surface area contributed by atoms with Crippen molar-refractivity contribution in [3.8, 4) is 5.75 Å². The van der Waals surface area contributed by atoms with Crippen molar-refractivity contribution in [2.45, 2.75) is 33.8 Å². The van der Waals surface area contributed by atoms with Gasteiger partial charge in [-0.3, -0.25) is 9.59 Å². The minimum absolute atomic E-state index is 0.00107. The van der Waals surface area contributed by atoms with E-state index in [0.29, 0.717) is 11.3 Å². The Bertz CT molecular complexity index is 540. The highest BCUT2D eigenvalue weighted by Crippen LogP contribution is 2.23. The predicted molar refractivity (Wildman–Crippen MR) is 83.7 cm³/mol. The lowest BCUT2D eigenvalue weighted by atomic mass is 9.94. The molecule has 0 aromatic heterocycles.